The van der Waals surface area contributed by atoms with Crippen LogP contribution in [0, 0.1) is 5.82 Å². The topological polar surface area (TPSA) is 29.1 Å². The number of benzene rings is 1. The predicted octanol–water partition coefficient (Wildman–Crippen LogP) is 3.50. The van der Waals surface area contributed by atoms with Gasteiger partial charge in [0.15, 0.2) is 0 Å². The first kappa shape index (κ1) is 13.4. The number of nitrogens with one attached hydrogen (secondary N) is 1. The van der Waals surface area contributed by atoms with Crippen LogP contribution in [-0.4, -0.2) is 12.5 Å². The van der Waals surface area contributed by atoms with Crippen LogP contribution >= 0.6 is 31.9 Å². The number of carbonyl (C=O) groups excluding carboxylic acids is 1. The van der Waals surface area contributed by atoms with Gasteiger partial charge in [-0.3, -0.25) is 4.79 Å². The molecule has 0 radical (unpaired) electrons. The molecule has 1 N–H and O–H groups in total. The smallest absolute Gasteiger partial charge is 0.217 e. The third-order valence-electron chi connectivity index (χ3n) is 1.80. The summed E-state index contributed by atoms with van der Waals surface area (Å²) in [6.45, 7) is 1.91. The van der Waals surface area contributed by atoms with Crippen molar-refractivity contribution in [2.45, 2.75) is 6.92 Å². The van der Waals surface area contributed by atoms with E-state index < -0.39 is 0 Å². The minimum absolute atomic E-state index is 0.0816. The van der Waals surface area contributed by atoms with Crippen LogP contribution in [0.2, 0.25) is 0 Å². The summed E-state index contributed by atoms with van der Waals surface area (Å²) in [5.74, 6) is -0.389. The molecule has 0 heterocycles. The molecule has 16 heavy (non-hydrogen) atoms. The van der Waals surface area contributed by atoms with Crippen molar-refractivity contribution in [3.05, 3.63) is 38.5 Å². The van der Waals surface area contributed by atoms with E-state index in [9.17, 15) is 9.18 Å². The van der Waals surface area contributed by atoms with E-state index in [1.807, 2.05) is 6.08 Å². The maximum atomic E-state index is 13.0. The highest BCUT2D eigenvalue weighted by molar-refractivity contribution is 9.11. The van der Waals surface area contributed by atoms with Crippen LogP contribution in [-0.2, 0) is 4.79 Å². The lowest BCUT2D eigenvalue weighted by Crippen LogP contribution is -2.19. The molecular weight excluding hydrogens is 341 g/mol. The summed E-state index contributed by atoms with van der Waals surface area (Å²) in [5, 5.41) is 2.64. The molecule has 86 valence electrons. The molecule has 0 saturated carbocycles. The standard InChI is InChI=1S/C11H10Br2FNO/c1-7(16)15-4-2-3-9-10(12)5-8(14)6-11(9)13/h2-3,5-6H,4H2,1H3,(H,15,16). The average molecular weight is 351 g/mol. The van der Waals surface area contributed by atoms with Gasteiger partial charge in [0.05, 0.1) is 0 Å². The highest BCUT2D eigenvalue weighted by Gasteiger charge is 2.04. The highest BCUT2D eigenvalue weighted by Crippen LogP contribution is 2.27. The van der Waals surface area contributed by atoms with E-state index >= 15 is 0 Å². The molecule has 0 spiro atoms. The lowest BCUT2D eigenvalue weighted by molar-refractivity contribution is -0.118. The Morgan fingerprint density at radius 3 is 2.50 bits per heavy atom. The fourth-order valence-corrected chi connectivity index (χ4v) is 2.49. The quantitative estimate of drug-likeness (QED) is 0.888. The van der Waals surface area contributed by atoms with Gasteiger partial charge in [-0.2, -0.15) is 0 Å². The van der Waals surface area contributed by atoms with Crippen molar-refractivity contribution in [3.8, 4) is 0 Å². The van der Waals surface area contributed by atoms with Gasteiger partial charge in [-0.25, -0.2) is 4.39 Å². The molecule has 0 aromatic heterocycles. The molecule has 0 aliphatic heterocycles. The van der Waals surface area contributed by atoms with E-state index in [1.54, 1.807) is 6.08 Å². The Bertz CT molecular complexity index is 409. The Kier molecular flexibility index (Phi) is 5.15. The minimum atomic E-state index is -0.308. The van der Waals surface area contributed by atoms with Gasteiger partial charge in [-0.15, -0.1) is 0 Å². The van der Waals surface area contributed by atoms with Crippen LogP contribution < -0.4 is 5.32 Å². The molecule has 1 rings (SSSR count). The molecule has 0 aliphatic carbocycles. The first-order chi connectivity index (χ1) is 7.50. The van der Waals surface area contributed by atoms with Crippen molar-refractivity contribution in [2.24, 2.45) is 0 Å². The Hall–Kier alpha value is -0.680. The van der Waals surface area contributed by atoms with Gasteiger partial charge < -0.3 is 5.32 Å². The number of amides is 1. The molecule has 1 aromatic carbocycles. The molecule has 1 aromatic rings. The lowest BCUT2D eigenvalue weighted by atomic mass is 10.2. The lowest BCUT2D eigenvalue weighted by Gasteiger charge is -2.03. The molecular formula is C11H10Br2FNO. The number of hydrogen-bond donors (Lipinski definition) is 1. The second-order valence-electron chi connectivity index (χ2n) is 3.12. The molecule has 5 heteroatoms. The van der Waals surface area contributed by atoms with Gasteiger partial charge >= 0.3 is 0 Å². The Morgan fingerprint density at radius 1 is 1.44 bits per heavy atom. The molecule has 0 unspecified atom stereocenters. The fraction of sp³-hybridized carbons (Fsp3) is 0.182. The van der Waals surface area contributed by atoms with Crippen LogP contribution in [0.15, 0.2) is 27.2 Å². The monoisotopic (exact) mass is 349 g/mol. The molecule has 0 aliphatic rings. The predicted molar refractivity (Wildman–Crippen MR) is 69.5 cm³/mol. The maximum Gasteiger partial charge on any atom is 0.217 e. The number of hydrogen-bond acceptors (Lipinski definition) is 1. The van der Waals surface area contributed by atoms with Crippen LogP contribution in [0.1, 0.15) is 12.5 Å². The average Bonchev–Trinajstić information content (AvgIpc) is 2.14. The second kappa shape index (κ2) is 6.15. The summed E-state index contributed by atoms with van der Waals surface area (Å²) in [4.78, 5) is 10.6. The third kappa shape index (κ3) is 4.06. The maximum absolute atomic E-state index is 13.0. The SMILES string of the molecule is CC(=O)NCC=Cc1c(Br)cc(F)cc1Br. The van der Waals surface area contributed by atoms with Crippen LogP contribution in [0.3, 0.4) is 0 Å². The van der Waals surface area contributed by atoms with E-state index in [2.05, 4.69) is 37.2 Å². The van der Waals surface area contributed by atoms with E-state index in [0.717, 1.165) is 5.56 Å². The summed E-state index contributed by atoms with van der Waals surface area (Å²) in [6.07, 6.45) is 3.60. The van der Waals surface area contributed by atoms with E-state index in [-0.39, 0.29) is 11.7 Å². The van der Waals surface area contributed by atoms with E-state index in [0.29, 0.717) is 15.5 Å². The van der Waals surface area contributed by atoms with E-state index in [4.69, 9.17) is 0 Å². The Balaban J connectivity index is 2.77. The number of carbonyl (C=O) groups is 1. The van der Waals surface area contributed by atoms with Crippen molar-refractivity contribution in [1.29, 1.82) is 0 Å². The minimum Gasteiger partial charge on any atom is -0.353 e. The Morgan fingerprint density at radius 2 is 2.00 bits per heavy atom. The van der Waals surface area contributed by atoms with Gasteiger partial charge in [0.1, 0.15) is 5.82 Å². The summed E-state index contributed by atoms with van der Waals surface area (Å²) < 4.78 is 14.3. The largest absolute Gasteiger partial charge is 0.353 e. The zero-order valence-electron chi connectivity index (χ0n) is 8.56. The number of rotatable bonds is 3. The molecule has 2 nitrogen and oxygen atoms in total. The van der Waals surface area contributed by atoms with Crippen molar-refractivity contribution in [1.82, 2.24) is 5.32 Å². The van der Waals surface area contributed by atoms with Crippen molar-refractivity contribution in [3.63, 3.8) is 0 Å². The van der Waals surface area contributed by atoms with E-state index in [1.165, 1.54) is 19.1 Å². The highest BCUT2D eigenvalue weighted by atomic mass is 79.9. The van der Waals surface area contributed by atoms with Gasteiger partial charge in [-0.05, 0) is 12.1 Å². The normalized spacial score (nSPS) is 10.8. The van der Waals surface area contributed by atoms with Crippen LogP contribution in [0.4, 0.5) is 4.39 Å². The summed E-state index contributed by atoms with van der Waals surface area (Å²) in [6, 6.07) is 2.78. The summed E-state index contributed by atoms with van der Waals surface area (Å²) >= 11 is 6.54. The molecule has 0 atom stereocenters. The van der Waals surface area contributed by atoms with Gasteiger partial charge in [0.2, 0.25) is 5.91 Å². The molecule has 0 fully saturated rings. The second-order valence-corrected chi connectivity index (χ2v) is 4.83. The van der Waals surface area contributed by atoms with Crippen LogP contribution in [0.5, 0.6) is 0 Å². The zero-order chi connectivity index (χ0) is 12.1. The van der Waals surface area contributed by atoms with Crippen molar-refractivity contribution in [2.75, 3.05) is 6.54 Å². The molecule has 0 bridgehead atoms. The van der Waals surface area contributed by atoms with Gasteiger partial charge in [0, 0.05) is 28.0 Å². The van der Waals surface area contributed by atoms with Crippen molar-refractivity contribution < 1.29 is 9.18 Å². The Labute approximate surface area is 110 Å². The van der Waals surface area contributed by atoms with Crippen molar-refractivity contribution >= 4 is 43.8 Å². The summed E-state index contributed by atoms with van der Waals surface area (Å²) in [5.41, 5.74) is 0.840. The number of halogens is 3. The molecule has 0 saturated heterocycles. The third-order valence-corrected chi connectivity index (χ3v) is 3.11. The summed E-state index contributed by atoms with van der Waals surface area (Å²) in [7, 11) is 0. The first-order valence-corrected chi connectivity index (χ1v) is 6.15. The van der Waals surface area contributed by atoms with Gasteiger partial charge in [-0.1, -0.05) is 44.0 Å². The van der Waals surface area contributed by atoms with Gasteiger partial charge in [0.25, 0.3) is 0 Å². The zero-order valence-corrected chi connectivity index (χ0v) is 11.7. The molecule has 1 amide bonds. The van der Waals surface area contributed by atoms with Crippen LogP contribution in [0.25, 0.3) is 6.08 Å². The first-order valence-electron chi connectivity index (χ1n) is 4.56. The fourth-order valence-electron chi connectivity index (χ4n) is 1.09.